The van der Waals surface area contributed by atoms with E-state index in [2.05, 4.69) is 34.9 Å². The number of hydrogen-bond donors (Lipinski definition) is 0. The maximum Gasteiger partial charge on any atom is 0.0766 e. The van der Waals surface area contributed by atoms with Crippen LogP contribution in [0.3, 0.4) is 0 Å². The zero-order valence-electron chi connectivity index (χ0n) is 9.56. The summed E-state index contributed by atoms with van der Waals surface area (Å²) in [5.74, 6) is 1.30. The Bertz CT molecular complexity index is 323. The molecule has 0 saturated heterocycles. The second kappa shape index (κ2) is 5.90. The lowest BCUT2D eigenvalue weighted by Crippen LogP contribution is -2.03. The fraction of sp³-hybridized carbons (Fsp3) is 0.727. The van der Waals surface area contributed by atoms with Crippen molar-refractivity contribution < 1.29 is 0 Å². The van der Waals surface area contributed by atoms with Crippen molar-refractivity contribution in [3.05, 3.63) is 15.9 Å². The molecule has 0 aliphatic carbocycles. The third-order valence-electron chi connectivity index (χ3n) is 2.64. The summed E-state index contributed by atoms with van der Waals surface area (Å²) in [4.78, 5) is 0. The largest absolute Gasteiger partial charge is 0.271 e. The van der Waals surface area contributed by atoms with Crippen LogP contribution >= 0.6 is 27.5 Å². The molecular formula is C11H18BrClN2. The van der Waals surface area contributed by atoms with Gasteiger partial charge in [-0.2, -0.15) is 5.10 Å². The summed E-state index contributed by atoms with van der Waals surface area (Å²) < 4.78 is 3.15. The van der Waals surface area contributed by atoms with E-state index in [1.165, 1.54) is 10.2 Å². The first-order valence-corrected chi connectivity index (χ1v) is 6.69. The lowest BCUT2D eigenvalue weighted by molar-refractivity contribution is 0.568. The Labute approximate surface area is 105 Å². The SMILES string of the molecule is CCc1nn(C)c(CCC(C)CCl)c1Br. The second-order valence-corrected chi connectivity index (χ2v) is 5.08. The first kappa shape index (κ1) is 13.0. The van der Waals surface area contributed by atoms with E-state index < -0.39 is 0 Å². The van der Waals surface area contributed by atoms with Gasteiger partial charge in [0.15, 0.2) is 0 Å². The predicted molar refractivity (Wildman–Crippen MR) is 68.5 cm³/mol. The first-order chi connectivity index (χ1) is 7.10. The van der Waals surface area contributed by atoms with Gasteiger partial charge in [-0.15, -0.1) is 11.6 Å². The minimum Gasteiger partial charge on any atom is -0.271 e. The molecule has 0 aromatic carbocycles. The van der Waals surface area contributed by atoms with Gasteiger partial charge in [0.1, 0.15) is 0 Å². The fourth-order valence-electron chi connectivity index (χ4n) is 1.55. The molecule has 0 fully saturated rings. The summed E-state index contributed by atoms with van der Waals surface area (Å²) in [5.41, 5.74) is 2.43. The van der Waals surface area contributed by atoms with Gasteiger partial charge < -0.3 is 0 Å². The number of aromatic nitrogens is 2. The molecule has 0 N–H and O–H groups in total. The molecule has 0 radical (unpaired) electrons. The number of nitrogens with zero attached hydrogens (tertiary/aromatic N) is 2. The molecule has 0 bridgehead atoms. The van der Waals surface area contributed by atoms with Crippen molar-refractivity contribution in [1.82, 2.24) is 9.78 Å². The average molecular weight is 294 g/mol. The van der Waals surface area contributed by atoms with Crippen LogP contribution in [0.5, 0.6) is 0 Å². The third-order valence-corrected chi connectivity index (χ3v) is 4.08. The minimum absolute atomic E-state index is 0.568. The van der Waals surface area contributed by atoms with Gasteiger partial charge in [0.05, 0.1) is 15.9 Å². The van der Waals surface area contributed by atoms with Crippen molar-refractivity contribution in [2.24, 2.45) is 13.0 Å². The summed E-state index contributed by atoms with van der Waals surface area (Å²) >= 11 is 9.41. The smallest absolute Gasteiger partial charge is 0.0766 e. The number of rotatable bonds is 5. The van der Waals surface area contributed by atoms with Gasteiger partial charge in [0.2, 0.25) is 0 Å². The Morgan fingerprint density at radius 1 is 1.53 bits per heavy atom. The highest BCUT2D eigenvalue weighted by Crippen LogP contribution is 2.23. The van der Waals surface area contributed by atoms with Gasteiger partial charge in [0, 0.05) is 12.9 Å². The molecule has 2 nitrogen and oxygen atoms in total. The molecule has 1 aromatic rings. The van der Waals surface area contributed by atoms with E-state index in [4.69, 9.17) is 11.6 Å². The lowest BCUT2D eigenvalue weighted by atomic mass is 10.1. The van der Waals surface area contributed by atoms with Crippen molar-refractivity contribution in [2.75, 3.05) is 5.88 Å². The molecule has 1 heterocycles. The topological polar surface area (TPSA) is 17.8 Å². The Kier molecular flexibility index (Phi) is 5.13. The van der Waals surface area contributed by atoms with Crippen molar-refractivity contribution in [3.8, 4) is 0 Å². The van der Waals surface area contributed by atoms with E-state index in [-0.39, 0.29) is 0 Å². The highest BCUT2D eigenvalue weighted by Gasteiger charge is 2.13. The van der Waals surface area contributed by atoms with Crippen molar-refractivity contribution in [1.29, 1.82) is 0 Å². The Morgan fingerprint density at radius 2 is 2.20 bits per heavy atom. The van der Waals surface area contributed by atoms with E-state index >= 15 is 0 Å². The Hall–Kier alpha value is -0.0200. The Balaban J connectivity index is 2.72. The lowest BCUT2D eigenvalue weighted by Gasteiger charge is -2.07. The fourth-order valence-corrected chi connectivity index (χ4v) is 2.52. The van der Waals surface area contributed by atoms with Crippen LogP contribution in [0.25, 0.3) is 0 Å². The quantitative estimate of drug-likeness (QED) is 0.759. The standard InChI is InChI=1S/C11H18BrClN2/c1-4-9-11(12)10(15(3)14-9)6-5-8(2)7-13/h8H,4-7H2,1-3H3. The van der Waals surface area contributed by atoms with Crippen LogP contribution in [0.4, 0.5) is 0 Å². The van der Waals surface area contributed by atoms with Gasteiger partial charge in [-0.25, -0.2) is 0 Å². The number of hydrogen-bond acceptors (Lipinski definition) is 1. The molecule has 1 unspecified atom stereocenters. The molecule has 86 valence electrons. The van der Waals surface area contributed by atoms with E-state index in [9.17, 15) is 0 Å². The van der Waals surface area contributed by atoms with E-state index in [1.54, 1.807) is 0 Å². The molecule has 1 atom stereocenters. The maximum atomic E-state index is 5.80. The molecule has 1 rings (SSSR count). The van der Waals surface area contributed by atoms with E-state index in [0.717, 1.165) is 30.8 Å². The summed E-state index contributed by atoms with van der Waals surface area (Å²) in [6, 6.07) is 0. The molecule has 0 aliphatic rings. The summed E-state index contributed by atoms with van der Waals surface area (Å²) in [5, 5.41) is 4.47. The third kappa shape index (κ3) is 3.22. The van der Waals surface area contributed by atoms with Gasteiger partial charge in [-0.05, 0) is 41.1 Å². The van der Waals surface area contributed by atoms with Gasteiger partial charge in [-0.3, -0.25) is 4.68 Å². The van der Waals surface area contributed by atoms with Crippen molar-refractivity contribution >= 4 is 27.5 Å². The van der Waals surface area contributed by atoms with Gasteiger partial charge >= 0.3 is 0 Å². The first-order valence-electron chi connectivity index (χ1n) is 5.36. The number of aryl methyl sites for hydroxylation is 2. The molecular weight excluding hydrogens is 275 g/mol. The molecule has 0 amide bonds. The molecule has 0 saturated carbocycles. The Morgan fingerprint density at radius 3 is 2.67 bits per heavy atom. The summed E-state index contributed by atoms with van der Waals surface area (Å²) in [6.07, 6.45) is 3.13. The zero-order valence-corrected chi connectivity index (χ0v) is 11.9. The van der Waals surface area contributed by atoms with Crippen molar-refractivity contribution in [3.63, 3.8) is 0 Å². The molecule has 4 heteroatoms. The normalized spacial score (nSPS) is 13.1. The van der Waals surface area contributed by atoms with E-state index in [1.807, 2.05) is 11.7 Å². The molecule has 0 aliphatic heterocycles. The minimum atomic E-state index is 0.568. The van der Waals surface area contributed by atoms with E-state index in [0.29, 0.717) is 5.92 Å². The van der Waals surface area contributed by atoms with Gasteiger partial charge in [-0.1, -0.05) is 13.8 Å². The van der Waals surface area contributed by atoms with Crippen LogP contribution in [-0.2, 0) is 19.9 Å². The predicted octanol–water partition coefficient (Wildman–Crippen LogP) is 3.55. The van der Waals surface area contributed by atoms with Crippen LogP contribution < -0.4 is 0 Å². The molecule has 1 aromatic heterocycles. The molecule has 0 spiro atoms. The van der Waals surface area contributed by atoms with Crippen LogP contribution in [0, 0.1) is 5.92 Å². The average Bonchev–Trinajstić information content (AvgIpc) is 2.51. The van der Waals surface area contributed by atoms with Crippen LogP contribution in [-0.4, -0.2) is 15.7 Å². The van der Waals surface area contributed by atoms with Crippen LogP contribution in [0.1, 0.15) is 31.7 Å². The van der Waals surface area contributed by atoms with Crippen LogP contribution in [0.15, 0.2) is 4.47 Å². The zero-order chi connectivity index (χ0) is 11.4. The van der Waals surface area contributed by atoms with Crippen molar-refractivity contribution in [2.45, 2.75) is 33.1 Å². The number of halogens is 2. The summed E-state index contributed by atoms with van der Waals surface area (Å²) in [6.45, 7) is 4.30. The monoisotopic (exact) mass is 292 g/mol. The number of alkyl halides is 1. The highest BCUT2D eigenvalue weighted by molar-refractivity contribution is 9.10. The molecule has 15 heavy (non-hydrogen) atoms. The second-order valence-electron chi connectivity index (χ2n) is 3.98. The highest BCUT2D eigenvalue weighted by atomic mass is 79.9. The van der Waals surface area contributed by atoms with Crippen LogP contribution in [0.2, 0.25) is 0 Å². The summed E-state index contributed by atoms with van der Waals surface area (Å²) in [7, 11) is 2.00. The maximum absolute atomic E-state index is 5.80. The van der Waals surface area contributed by atoms with Gasteiger partial charge in [0.25, 0.3) is 0 Å².